The Morgan fingerprint density at radius 2 is 2.06 bits per heavy atom. The van der Waals surface area contributed by atoms with Gasteiger partial charge in [0.25, 0.3) is 0 Å². The third-order valence-corrected chi connectivity index (χ3v) is 5.83. The highest BCUT2D eigenvalue weighted by Crippen LogP contribution is 2.40. The fourth-order valence-corrected chi connectivity index (χ4v) is 3.95. The largest absolute Gasteiger partial charge is 0.439 e. The van der Waals surface area contributed by atoms with Gasteiger partial charge in [-0.15, -0.1) is 0 Å². The highest BCUT2D eigenvalue weighted by molar-refractivity contribution is 5.84. The van der Waals surface area contributed by atoms with Crippen LogP contribution in [-0.4, -0.2) is 38.6 Å². The Morgan fingerprint density at radius 3 is 2.84 bits per heavy atom. The van der Waals surface area contributed by atoms with Gasteiger partial charge in [0.05, 0.1) is 17.7 Å². The van der Waals surface area contributed by atoms with E-state index >= 15 is 0 Å². The van der Waals surface area contributed by atoms with E-state index in [0.29, 0.717) is 25.5 Å². The van der Waals surface area contributed by atoms with Crippen molar-refractivity contribution in [3.63, 3.8) is 0 Å². The fraction of sp³-hybridized carbons (Fsp3) is 0.360. The maximum absolute atomic E-state index is 12.6. The van der Waals surface area contributed by atoms with Crippen LogP contribution in [0.2, 0.25) is 0 Å². The van der Waals surface area contributed by atoms with E-state index in [-0.39, 0.29) is 18.1 Å². The fourth-order valence-electron chi connectivity index (χ4n) is 3.95. The molecule has 6 nitrogen and oxygen atoms in total. The predicted octanol–water partition coefficient (Wildman–Crippen LogP) is 3.67. The number of rotatable bonds is 6. The number of nitrogens with one attached hydrogen (secondary N) is 1. The minimum atomic E-state index is -0.446. The summed E-state index contributed by atoms with van der Waals surface area (Å²) in [6.07, 6.45) is 1.22. The standard InChI is InChI=1S/C25H27N3O3/c1-17-28(2)22-14-21(8-9-24(22)31-17)20-6-4-18(5-7-20)12-19(15-26)13-23(29)25-16-27-10-3-11-30-25/h4-9,14,19,25,27H,1,3,10-13,16H2,2H3/t19-,25+/m1/s1. The van der Waals surface area contributed by atoms with Gasteiger partial charge in [-0.25, -0.2) is 0 Å². The first-order valence-corrected chi connectivity index (χ1v) is 10.6. The third kappa shape index (κ3) is 4.79. The molecule has 2 aromatic carbocycles. The van der Waals surface area contributed by atoms with Crippen LogP contribution < -0.4 is 15.0 Å². The summed E-state index contributed by atoms with van der Waals surface area (Å²) in [4.78, 5) is 14.5. The number of hydrogen-bond acceptors (Lipinski definition) is 6. The molecule has 2 heterocycles. The lowest BCUT2D eigenvalue weighted by Gasteiger charge is -2.16. The highest BCUT2D eigenvalue weighted by Gasteiger charge is 2.24. The van der Waals surface area contributed by atoms with Gasteiger partial charge in [0.2, 0.25) is 0 Å². The summed E-state index contributed by atoms with van der Waals surface area (Å²) in [5.41, 5.74) is 4.20. The molecule has 2 atom stereocenters. The number of Topliss-reactive ketones (excluding diaryl/α,β-unsaturated/α-hetero) is 1. The summed E-state index contributed by atoms with van der Waals surface area (Å²) in [5.74, 6) is 1.07. The number of nitriles is 1. The average molecular weight is 418 g/mol. The van der Waals surface area contributed by atoms with Crippen molar-refractivity contribution in [3.05, 3.63) is 60.5 Å². The Balaban J connectivity index is 1.40. The molecule has 0 aromatic heterocycles. The van der Waals surface area contributed by atoms with E-state index in [2.05, 4.69) is 36.2 Å². The lowest BCUT2D eigenvalue weighted by Crippen LogP contribution is -2.34. The Kier molecular flexibility index (Phi) is 6.36. The van der Waals surface area contributed by atoms with E-state index in [1.807, 2.05) is 36.2 Å². The number of hydrogen-bond donors (Lipinski definition) is 1. The molecule has 6 heteroatoms. The van der Waals surface area contributed by atoms with Crippen molar-refractivity contribution in [2.75, 3.05) is 31.6 Å². The van der Waals surface area contributed by atoms with Gasteiger partial charge in [-0.3, -0.25) is 4.79 Å². The van der Waals surface area contributed by atoms with Crippen LogP contribution in [0.15, 0.2) is 54.9 Å². The molecule has 0 bridgehead atoms. The topological polar surface area (TPSA) is 74.6 Å². The second-order valence-electron chi connectivity index (χ2n) is 8.05. The van der Waals surface area contributed by atoms with Crippen LogP contribution in [0, 0.1) is 17.2 Å². The number of benzene rings is 2. The van der Waals surface area contributed by atoms with E-state index in [1.165, 1.54) is 0 Å². The van der Waals surface area contributed by atoms with Crippen molar-refractivity contribution in [2.24, 2.45) is 5.92 Å². The first-order valence-electron chi connectivity index (χ1n) is 10.6. The first kappa shape index (κ1) is 21.1. The van der Waals surface area contributed by atoms with Gasteiger partial charge in [0.15, 0.2) is 17.4 Å². The molecule has 0 unspecified atom stereocenters. The van der Waals surface area contributed by atoms with Crippen LogP contribution in [0.4, 0.5) is 5.69 Å². The number of carbonyl (C=O) groups is 1. The molecule has 0 radical (unpaired) electrons. The number of fused-ring (bicyclic) bond motifs is 1. The number of nitrogens with zero attached hydrogens (tertiary/aromatic N) is 2. The van der Waals surface area contributed by atoms with Crippen molar-refractivity contribution >= 4 is 11.5 Å². The van der Waals surface area contributed by atoms with E-state index < -0.39 is 6.10 Å². The minimum Gasteiger partial charge on any atom is -0.439 e. The molecule has 2 aliphatic heterocycles. The van der Waals surface area contributed by atoms with E-state index in [1.54, 1.807) is 0 Å². The van der Waals surface area contributed by atoms with Crippen LogP contribution in [0.1, 0.15) is 18.4 Å². The summed E-state index contributed by atoms with van der Waals surface area (Å²) in [6.45, 7) is 5.87. The Morgan fingerprint density at radius 1 is 1.29 bits per heavy atom. The SMILES string of the molecule is C=C1Oc2ccc(-c3ccc(C[C@@H](C#N)CC(=O)[C@@H]4CNCCCO4)cc3)cc2N1C. The zero-order valence-corrected chi connectivity index (χ0v) is 17.8. The lowest BCUT2D eigenvalue weighted by atomic mass is 9.93. The van der Waals surface area contributed by atoms with Crippen molar-refractivity contribution < 1.29 is 14.3 Å². The third-order valence-electron chi connectivity index (χ3n) is 5.83. The number of carbonyl (C=O) groups excluding carboxylic acids is 1. The summed E-state index contributed by atoms with van der Waals surface area (Å²) >= 11 is 0. The van der Waals surface area contributed by atoms with Crippen LogP contribution in [-0.2, 0) is 16.0 Å². The summed E-state index contributed by atoms with van der Waals surface area (Å²) in [5, 5.41) is 12.8. The van der Waals surface area contributed by atoms with Crippen molar-refractivity contribution in [3.8, 4) is 22.9 Å². The van der Waals surface area contributed by atoms with Crippen LogP contribution >= 0.6 is 0 Å². The van der Waals surface area contributed by atoms with E-state index in [4.69, 9.17) is 9.47 Å². The summed E-state index contributed by atoms with van der Waals surface area (Å²) < 4.78 is 11.3. The van der Waals surface area contributed by atoms with E-state index in [9.17, 15) is 10.1 Å². The molecule has 4 rings (SSSR count). The van der Waals surface area contributed by atoms with E-state index in [0.717, 1.165) is 41.1 Å². The summed E-state index contributed by atoms with van der Waals surface area (Å²) in [6, 6.07) is 16.5. The van der Waals surface area contributed by atoms with Gasteiger partial charge < -0.3 is 19.7 Å². The molecule has 0 spiro atoms. The molecular formula is C25H27N3O3. The normalized spacial score (nSPS) is 19.2. The second kappa shape index (κ2) is 9.34. The zero-order chi connectivity index (χ0) is 21.8. The molecule has 1 saturated heterocycles. The van der Waals surface area contributed by atoms with Crippen LogP contribution in [0.3, 0.4) is 0 Å². The molecule has 2 aliphatic rings. The number of ketones is 1. The van der Waals surface area contributed by atoms with Gasteiger partial charge >= 0.3 is 0 Å². The first-order chi connectivity index (χ1) is 15.0. The van der Waals surface area contributed by atoms with Gasteiger partial charge in [-0.05, 0) is 54.8 Å². The molecule has 0 aliphatic carbocycles. The van der Waals surface area contributed by atoms with Crippen LogP contribution in [0.25, 0.3) is 11.1 Å². The Bertz CT molecular complexity index is 1000. The van der Waals surface area contributed by atoms with Crippen LogP contribution in [0.5, 0.6) is 5.75 Å². The minimum absolute atomic E-state index is 0.00337. The van der Waals surface area contributed by atoms with Crippen molar-refractivity contribution in [2.45, 2.75) is 25.4 Å². The molecule has 2 aromatic rings. The monoisotopic (exact) mass is 417 g/mol. The van der Waals surface area contributed by atoms with Gasteiger partial charge in [0, 0.05) is 26.6 Å². The molecule has 1 N–H and O–H groups in total. The molecule has 0 saturated carbocycles. The van der Waals surface area contributed by atoms with Gasteiger partial charge in [-0.2, -0.15) is 5.26 Å². The molecule has 31 heavy (non-hydrogen) atoms. The average Bonchev–Trinajstić information content (AvgIpc) is 2.96. The maximum Gasteiger partial charge on any atom is 0.193 e. The molecular weight excluding hydrogens is 390 g/mol. The van der Waals surface area contributed by atoms with Gasteiger partial charge in [0.1, 0.15) is 6.10 Å². The smallest absolute Gasteiger partial charge is 0.193 e. The quantitative estimate of drug-likeness (QED) is 0.773. The number of ether oxygens (including phenoxy) is 2. The summed E-state index contributed by atoms with van der Waals surface area (Å²) in [7, 11) is 1.93. The predicted molar refractivity (Wildman–Crippen MR) is 120 cm³/mol. The Labute approximate surface area is 183 Å². The molecule has 0 amide bonds. The second-order valence-corrected chi connectivity index (χ2v) is 8.05. The molecule has 160 valence electrons. The highest BCUT2D eigenvalue weighted by atomic mass is 16.5. The molecule has 1 fully saturated rings. The Hall–Kier alpha value is -3.14. The van der Waals surface area contributed by atoms with Gasteiger partial charge in [-0.1, -0.05) is 30.3 Å². The lowest BCUT2D eigenvalue weighted by molar-refractivity contribution is -0.130. The number of anilines is 1. The maximum atomic E-state index is 12.6. The van der Waals surface area contributed by atoms with Crippen molar-refractivity contribution in [1.29, 1.82) is 5.26 Å². The van der Waals surface area contributed by atoms with Crippen molar-refractivity contribution in [1.82, 2.24) is 5.32 Å². The zero-order valence-electron chi connectivity index (χ0n) is 17.8.